The SMILES string of the molecule is CC(C)(C)[Si](C)(C)O[C@H]1C[C@H](n2cnc3c(NC(=O)c4ccccc4)ncnc32)OC1CNS(=O)(=O)N=[N+]=[N-]. The molecule has 39 heavy (non-hydrogen) atoms. The highest BCUT2D eigenvalue weighted by molar-refractivity contribution is 7.88. The summed E-state index contributed by atoms with van der Waals surface area (Å²) in [6, 6.07) is 8.74. The number of hydrogen-bond donors (Lipinski definition) is 2. The van der Waals surface area contributed by atoms with Gasteiger partial charge in [-0.15, -0.1) is 0 Å². The Hall–Kier alpha value is -3.40. The van der Waals surface area contributed by atoms with Crippen molar-refractivity contribution in [1.82, 2.24) is 24.2 Å². The Kier molecular flexibility index (Phi) is 8.06. The fraction of sp³-hybridized carbons (Fsp3) is 0.478. The maximum atomic E-state index is 12.7. The normalized spacial score (nSPS) is 20.1. The first kappa shape index (κ1) is 28.6. The molecule has 3 aromatic rings. The summed E-state index contributed by atoms with van der Waals surface area (Å²) in [4.78, 5) is 28.0. The third-order valence-corrected chi connectivity index (χ3v) is 12.3. The van der Waals surface area contributed by atoms with E-state index in [-0.39, 0.29) is 23.3 Å². The van der Waals surface area contributed by atoms with E-state index in [0.29, 0.717) is 23.1 Å². The van der Waals surface area contributed by atoms with Gasteiger partial charge in [0.2, 0.25) is 0 Å². The Morgan fingerprint density at radius 2 is 1.97 bits per heavy atom. The van der Waals surface area contributed by atoms with Gasteiger partial charge >= 0.3 is 0 Å². The van der Waals surface area contributed by atoms with Gasteiger partial charge in [-0.05, 0) is 35.8 Å². The zero-order valence-electron chi connectivity index (χ0n) is 22.3. The number of fused-ring (bicyclic) bond motifs is 1. The van der Waals surface area contributed by atoms with Gasteiger partial charge in [-0.25, -0.2) is 28.1 Å². The number of azide groups is 1. The molecule has 1 unspecified atom stereocenters. The smallest absolute Gasteiger partial charge is 0.300 e. The van der Waals surface area contributed by atoms with Gasteiger partial charge in [0.25, 0.3) is 16.1 Å². The number of carbonyl (C=O) groups is 1. The Morgan fingerprint density at radius 3 is 2.64 bits per heavy atom. The lowest BCUT2D eigenvalue weighted by Gasteiger charge is -2.39. The highest BCUT2D eigenvalue weighted by Gasteiger charge is 2.45. The number of amides is 1. The van der Waals surface area contributed by atoms with Crippen LogP contribution in [0.3, 0.4) is 0 Å². The Morgan fingerprint density at radius 1 is 1.26 bits per heavy atom. The maximum Gasteiger partial charge on any atom is 0.300 e. The van der Waals surface area contributed by atoms with Crippen LogP contribution in [0, 0.1) is 0 Å². The number of nitrogens with zero attached hydrogens (tertiary/aromatic N) is 7. The van der Waals surface area contributed by atoms with Crippen molar-refractivity contribution in [1.29, 1.82) is 0 Å². The van der Waals surface area contributed by atoms with E-state index in [4.69, 9.17) is 14.7 Å². The van der Waals surface area contributed by atoms with Gasteiger partial charge in [0.05, 0.1) is 18.5 Å². The average molecular weight is 574 g/mol. The summed E-state index contributed by atoms with van der Waals surface area (Å²) in [7, 11) is -6.47. The fourth-order valence-electron chi connectivity index (χ4n) is 3.92. The molecule has 0 bridgehead atoms. The Labute approximate surface area is 227 Å². The topological polar surface area (TPSA) is 186 Å². The van der Waals surface area contributed by atoms with Crippen LogP contribution in [0.5, 0.6) is 0 Å². The van der Waals surface area contributed by atoms with Crippen LogP contribution in [0.15, 0.2) is 47.5 Å². The lowest BCUT2D eigenvalue weighted by molar-refractivity contribution is -0.0112. The lowest BCUT2D eigenvalue weighted by atomic mass is 10.2. The number of anilines is 1. The number of rotatable bonds is 9. The van der Waals surface area contributed by atoms with Crippen molar-refractivity contribution in [3.8, 4) is 0 Å². The van der Waals surface area contributed by atoms with Gasteiger partial charge in [-0.3, -0.25) is 9.36 Å². The number of aromatic nitrogens is 4. The van der Waals surface area contributed by atoms with Crippen LogP contribution in [0.1, 0.15) is 43.8 Å². The van der Waals surface area contributed by atoms with Crippen molar-refractivity contribution in [2.24, 2.45) is 4.52 Å². The Balaban J connectivity index is 1.60. The van der Waals surface area contributed by atoms with Gasteiger partial charge in [-0.1, -0.05) is 39.0 Å². The second-order valence-electron chi connectivity index (χ2n) is 10.6. The molecule has 1 aliphatic rings. The van der Waals surface area contributed by atoms with Crippen LogP contribution >= 0.6 is 0 Å². The van der Waals surface area contributed by atoms with Gasteiger partial charge in [0.15, 0.2) is 25.3 Å². The highest BCUT2D eigenvalue weighted by Crippen LogP contribution is 2.41. The van der Waals surface area contributed by atoms with Crippen molar-refractivity contribution in [2.45, 2.75) is 63.8 Å². The van der Waals surface area contributed by atoms with E-state index in [1.165, 1.54) is 12.7 Å². The molecular weight excluding hydrogens is 542 g/mol. The summed E-state index contributed by atoms with van der Waals surface area (Å²) in [6.45, 7) is 10.4. The zero-order chi connectivity index (χ0) is 28.4. The molecule has 0 aliphatic carbocycles. The minimum atomic E-state index is -4.21. The third kappa shape index (κ3) is 6.43. The van der Waals surface area contributed by atoms with Gasteiger partial charge in [-0.2, -0.15) is 0 Å². The van der Waals surface area contributed by atoms with E-state index in [1.807, 2.05) is 6.07 Å². The molecule has 2 N–H and O–H groups in total. The molecule has 3 atom stereocenters. The maximum absolute atomic E-state index is 12.7. The largest absolute Gasteiger partial charge is 0.411 e. The van der Waals surface area contributed by atoms with Crippen molar-refractivity contribution in [3.63, 3.8) is 0 Å². The highest BCUT2D eigenvalue weighted by atomic mass is 32.2. The summed E-state index contributed by atoms with van der Waals surface area (Å²) in [5.74, 6) is -0.0872. The first-order valence-corrected chi connectivity index (χ1v) is 16.6. The molecule has 1 fully saturated rings. The van der Waals surface area contributed by atoms with Crippen LogP contribution in [-0.2, 0) is 19.4 Å². The van der Waals surface area contributed by atoms with Crippen molar-refractivity contribution < 1.29 is 22.4 Å². The van der Waals surface area contributed by atoms with E-state index < -0.39 is 37.0 Å². The zero-order valence-corrected chi connectivity index (χ0v) is 24.1. The summed E-state index contributed by atoms with van der Waals surface area (Å²) in [5.41, 5.74) is 9.81. The van der Waals surface area contributed by atoms with Crippen LogP contribution in [0.2, 0.25) is 18.1 Å². The minimum absolute atomic E-state index is 0.0962. The number of hydrogen-bond acceptors (Lipinski definition) is 8. The predicted octanol–water partition coefficient (Wildman–Crippen LogP) is 3.90. The monoisotopic (exact) mass is 573 g/mol. The van der Waals surface area contributed by atoms with E-state index in [1.54, 1.807) is 28.8 Å². The quantitative estimate of drug-likeness (QED) is 0.167. The Bertz CT molecular complexity index is 1500. The standard InChI is InChI=1S/C23H31N9O5SSi/c1-23(2,3)39(4,5)37-16-11-18(36-17(16)12-28-38(34,35)31-30-24)32-14-27-19-20(25-13-26-21(19)32)29-22(33)15-9-7-6-8-10-15/h6-10,13-14,16-18,28H,11-12H2,1-5H3,(H,25,26,29,33)/t16-,17?,18+/m0/s1. The number of ether oxygens (including phenoxy) is 1. The van der Waals surface area contributed by atoms with Crippen molar-refractivity contribution in [3.05, 3.63) is 59.0 Å². The molecule has 1 amide bonds. The summed E-state index contributed by atoms with van der Waals surface area (Å²) in [6.07, 6.45) is 1.53. The van der Waals surface area contributed by atoms with Crippen LogP contribution < -0.4 is 10.0 Å². The first-order chi connectivity index (χ1) is 18.3. The summed E-state index contributed by atoms with van der Waals surface area (Å²) >= 11 is 0. The van der Waals surface area contributed by atoms with Crippen LogP contribution in [0.25, 0.3) is 21.6 Å². The molecule has 0 spiro atoms. The summed E-state index contributed by atoms with van der Waals surface area (Å²) < 4.78 is 43.6. The molecule has 1 saturated heterocycles. The molecular formula is C23H31N9O5SSi. The molecule has 3 heterocycles. The molecule has 4 rings (SSSR count). The molecule has 2 aromatic heterocycles. The molecule has 16 heteroatoms. The van der Waals surface area contributed by atoms with Crippen LogP contribution in [0.4, 0.5) is 5.82 Å². The van der Waals surface area contributed by atoms with Gasteiger partial charge in [0, 0.05) is 28.0 Å². The third-order valence-electron chi connectivity index (χ3n) is 6.98. The number of carbonyl (C=O) groups excluding carboxylic acids is 1. The second-order valence-corrected chi connectivity index (χ2v) is 16.8. The minimum Gasteiger partial charge on any atom is -0.411 e. The van der Waals surface area contributed by atoms with Crippen LogP contribution in [-0.4, -0.2) is 60.9 Å². The molecule has 14 nitrogen and oxygen atoms in total. The van der Waals surface area contributed by atoms with Gasteiger partial charge < -0.3 is 14.5 Å². The number of nitrogens with one attached hydrogen (secondary N) is 2. The predicted molar refractivity (Wildman–Crippen MR) is 146 cm³/mol. The molecule has 0 radical (unpaired) electrons. The lowest BCUT2D eigenvalue weighted by Crippen LogP contribution is -2.47. The first-order valence-electron chi connectivity index (χ1n) is 12.2. The summed E-state index contributed by atoms with van der Waals surface area (Å²) in [5, 5.41) is 2.68. The molecule has 0 saturated carbocycles. The fourth-order valence-corrected chi connectivity index (χ4v) is 5.81. The van der Waals surface area contributed by atoms with E-state index in [9.17, 15) is 13.2 Å². The van der Waals surface area contributed by atoms with Crippen molar-refractivity contribution in [2.75, 3.05) is 11.9 Å². The average Bonchev–Trinajstić information content (AvgIpc) is 3.47. The van der Waals surface area contributed by atoms with Crippen molar-refractivity contribution >= 4 is 41.4 Å². The van der Waals surface area contributed by atoms with E-state index in [0.717, 1.165) is 0 Å². The van der Waals surface area contributed by atoms with E-state index in [2.05, 4.69) is 68.3 Å². The second kappa shape index (κ2) is 11.0. The van der Waals surface area contributed by atoms with Gasteiger partial charge in [0.1, 0.15) is 12.6 Å². The number of imidazole rings is 1. The molecule has 208 valence electrons. The number of benzene rings is 1. The molecule has 1 aromatic carbocycles. The molecule has 1 aliphatic heterocycles. The van der Waals surface area contributed by atoms with E-state index >= 15 is 0 Å².